The molecule has 0 atom stereocenters. The molecular formula is C25H27N3O5S. The van der Waals surface area contributed by atoms with Crippen molar-refractivity contribution < 1.29 is 22.7 Å². The van der Waals surface area contributed by atoms with Crippen LogP contribution in [-0.2, 0) is 16.4 Å². The Morgan fingerprint density at radius 1 is 0.941 bits per heavy atom. The van der Waals surface area contributed by atoms with Gasteiger partial charge in [0.1, 0.15) is 11.5 Å². The van der Waals surface area contributed by atoms with Crippen molar-refractivity contribution in [3.8, 4) is 11.5 Å². The molecule has 0 fully saturated rings. The van der Waals surface area contributed by atoms with Crippen LogP contribution in [0.3, 0.4) is 0 Å². The summed E-state index contributed by atoms with van der Waals surface area (Å²) in [6.45, 7) is 4.12. The standard InChI is InChI=1S/C25H27N3O5S/c1-4-33-21-13-15-22(16-14-21)34(30,31)28-24-8-6-5-7-23(24)25(29)27-26-18(2)17-19-9-11-20(32-3)12-10-19/h5-16,28H,4,17H2,1-3H3,(H,27,29)/b26-18-. The molecule has 0 heterocycles. The van der Waals surface area contributed by atoms with Crippen LogP contribution in [0.1, 0.15) is 29.8 Å². The highest BCUT2D eigenvalue weighted by Crippen LogP contribution is 2.22. The van der Waals surface area contributed by atoms with Crippen molar-refractivity contribution in [1.29, 1.82) is 0 Å². The van der Waals surface area contributed by atoms with Crippen molar-refractivity contribution >= 4 is 27.3 Å². The number of anilines is 1. The van der Waals surface area contributed by atoms with Crippen LogP contribution in [-0.4, -0.2) is 33.8 Å². The highest BCUT2D eigenvalue weighted by atomic mass is 32.2. The zero-order valence-corrected chi connectivity index (χ0v) is 20.1. The van der Waals surface area contributed by atoms with Crippen LogP contribution < -0.4 is 19.6 Å². The van der Waals surface area contributed by atoms with Gasteiger partial charge in [0.05, 0.1) is 29.9 Å². The first-order valence-electron chi connectivity index (χ1n) is 10.6. The zero-order chi connectivity index (χ0) is 24.6. The summed E-state index contributed by atoms with van der Waals surface area (Å²) in [5.74, 6) is 0.805. The van der Waals surface area contributed by atoms with Crippen molar-refractivity contribution in [3.05, 3.63) is 83.9 Å². The number of carbonyl (C=O) groups excluding carboxylic acids is 1. The molecule has 0 aliphatic heterocycles. The van der Waals surface area contributed by atoms with Gasteiger partial charge in [0.2, 0.25) is 0 Å². The van der Waals surface area contributed by atoms with Gasteiger partial charge in [0.15, 0.2) is 0 Å². The Morgan fingerprint density at radius 3 is 2.24 bits per heavy atom. The van der Waals surface area contributed by atoms with Crippen molar-refractivity contribution in [1.82, 2.24) is 5.43 Å². The molecule has 0 radical (unpaired) electrons. The molecule has 3 aromatic rings. The van der Waals surface area contributed by atoms with Crippen molar-refractivity contribution in [2.75, 3.05) is 18.4 Å². The summed E-state index contributed by atoms with van der Waals surface area (Å²) in [4.78, 5) is 12.8. The Hall–Kier alpha value is -3.85. The van der Waals surface area contributed by atoms with E-state index in [2.05, 4.69) is 15.2 Å². The van der Waals surface area contributed by atoms with E-state index < -0.39 is 15.9 Å². The van der Waals surface area contributed by atoms with Gasteiger partial charge in [-0.3, -0.25) is 9.52 Å². The van der Waals surface area contributed by atoms with Crippen LogP contribution >= 0.6 is 0 Å². The minimum absolute atomic E-state index is 0.0551. The van der Waals surface area contributed by atoms with Crippen LogP contribution in [0.4, 0.5) is 5.69 Å². The number of para-hydroxylation sites is 1. The molecule has 1 amide bonds. The second-order valence-corrected chi connectivity index (χ2v) is 9.05. The summed E-state index contributed by atoms with van der Waals surface area (Å²) in [6, 6.07) is 20.0. The maximum absolute atomic E-state index is 12.8. The fourth-order valence-electron chi connectivity index (χ4n) is 3.14. The summed E-state index contributed by atoms with van der Waals surface area (Å²) in [6.07, 6.45) is 0.538. The Kier molecular flexibility index (Phi) is 8.26. The monoisotopic (exact) mass is 481 g/mol. The molecule has 0 spiro atoms. The largest absolute Gasteiger partial charge is 0.497 e. The molecule has 0 saturated heterocycles. The lowest BCUT2D eigenvalue weighted by atomic mass is 10.1. The Bertz CT molecular complexity index is 1250. The summed E-state index contributed by atoms with van der Waals surface area (Å²) >= 11 is 0. The molecule has 0 bridgehead atoms. The third-order valence-corrected chi connectivity index (χ3v) is 6.21. The van der Waals surface area contributed by atoms with E-state index >= 15 is 0 Å². The topological polar surface area (TPSA) is 106 Å². The van der Waals surface area contributed by atoms with Crippen LogP contribution in [0.2, 0.25) is 0 Å². The van der Waals surface area contributed by atoms with Crippen molar-refractivity contribution in [3.63, 3.8) is 0 Å². The fraction of sp³-hybridized carbons (Fsp3) is 0.200. The van der Waals surface area contributed by atoms with Gasteiger partial charge in [-0.05, 0) is 67.9 Å². The molecule has 9 heteroatoms. The first-order chi connectivity index (χ1) is 16.3. The fourth-order valence-corrected chi connectivity index (χ4v) is 4.22. The van der Waals surface area contributed by atoms with Crippen LogP contribution in [0.25, 0.3) is 0 Å². The molecule has 178 valence electrons. The third kappa shape index (κ3) is 6.58. The Labute approximate surface area is 199 Å². The molecule has 0 unspecified atom stereocenters. The normalized spacial score (nSPS) is 11.6. The molecule has 0 aromatic heterocycles. The Balaban J connectivity index is 1.70. The lowest BCUT2D eigenvalue weighted by Crippen LogP contribution is -2.22. The van der Waals surface area contributed by atoms with Gasteiger partial charge < -0.3 is 9.47 Å². The third-order valence-electron chi connectivity index (χ3n) is 4.83. The van der Waals surface area contributed by atoms with Gasteiger partial charge in [-0.2, -0.15) is 5.10 Å². The van der Waals surface area contributed by atoms with E-state index in [-0.39, 0.29) is 16.1 Å². The minimum Gasteiger partial charge on any atom is -0.497 e. The molecule has 0 aliphatic rings. The average molecular weight is 482 g/mol. The van der Waals surface area contributed by atoms with E-state index in [4.69, 9.17) is 9.47 Å². The number of amides is 1. The Morgan fingerprint density at radius 2 is 1.59 bits per heavy atom. The molecule has 3 aromatic carbocycles. The van der Waals surface area contributed by atoms with E-state index in [9.17, 15) is 13.2 Å². The van der Waals surface area contributed by atoms with E-state index in [1.807, 2.05) is 31.2 Å². The van der Waals surface area contributed by atoms with Crippen LogP contribution in [0.5, 0.6) is 11.5 Å². The van der Waals surface area contributed by atoms with Crippen LogP contribution in [0.15, 0.2) is 82.8 Å². The average Bonchev–Trinajstić information content (AvgIpc) is 2.84. The number of rotatable bonds is 10. The van der Waals surface area contributed by atoms with Gasteiger partial charge >= 0.3 is 0 Å². The summed E-state index contributed by atoms with van der Waals surface area (Å²) in [5.41, 5.74) is 4.50. The second kappa shape index (κ2) is 11.3. The molecule has 2 N–H and O–H groups in total. The first kappa shape index (κ1) is 24.8. The van der Waals surface area contributed by atoms with Crippen LogP contribution in [0, 0.1) is 0 Å². The second-order valence-electron chi connectivity index (χ2n) is 7.37. The van der Waals surface area contributed by atoms with Gasteiger partial charge in [-0.1, -0.05) is 24.3 Å². The number of benzene rings is 3. The molecule has 0 aliphatic carbocycles. The lowest BCUT2D eigenvalue weighted by molar-refractivity contribution is 0.0955. The quantitative estimate of drug-likeness (QED) is 0.333. The number of sulfonamides is 1. The van der Waals surface area contributed by atoms with Gasteiger partial charge in [-0.25, -0.2) is 13.8 Å². The molecule has 3 rings (SSSR count). The molecule has 8 nitrogen and oxygen atoms in total. The van der Waals surface area contributed by atoms with E-state index in [0.717, 1.165) is 11.3 Å². The molecule has 34 heavy (non-hydrogen) atoms. The number of methoxy groups -OCH3 is 1. The number of hydrogen-bond donors (Lipinski definition) is 2. The number of ether oxygens (including phenoxy) is 2. The number of carbonyl (C=O) groups is 1. The van der Waals surface area contributed by atoms with E-state index in [0.29, 0.717) is 24.5 Å². The zero-order valence-electron chi connectivity index (χ0n) is 19.2. The number of nitrogens with zero attached hydrogens (tertiary/aromatic N) is 1. The maximum atomic E-state index is 12.8. The molecule has 0 saturated carbocycles. The lowest BCUT2D eigenvalue weighted by Gasteiger charge is -2.12. The van der Waals surface area contributed by atoms with Crippen molar-refractivity contribution in [2.45, 2.75) is 25.2 Å². The maximum Gasteiger partial charge on any atom is 0.273 e. The minimum atomic E-state index is -3.91. The number of nitrogens with one attached hydrogen (secondary N) is 2. The van der Waals surface area contributed by atoms with Crippen molar-refractivity contribution in [2.24, 2.45) is 5.10 Å². The molecular weight excluding hydrogens is 454 g/mol. The summed E-state index contributed by atoms with van der Waals surface area (Å²) in [7, 11) is -2.31. The van der Waals surface area contributed by atoms with Gasteiger partial charge in [-0.15, -0.1) is 0 Å². The predicted molar refractivity (Wildman–Crippen MR) is 132 cm³/mol. The van der Waals surface area contributed by atoms with Gasteiger partial charge in [0, 0.05) is 12.1 Å². The summed E-state index contributed by atoms with van der Waals surface area (Å²) in [5, 5.41) is 4.16. The predicted octanol–water partition coefficient (Wildman–Crippen LogP) is 4.24. The smallest absolute Gasteiger partial charge is 0.273 e. The highest BCUT2D eigenvalue weighted by Gasteiger charge is 2.18. The van der Waals surface area contributed by atoms with E-state index in [1.165, 1.54) is 24.3 Å². The van der Waals surface area contributed by atoms with E-state index in [1.54, 1.807) is 38.3 Å². The van der Waals surface area contributed by atoms with Gasteiger partial charge in [0.25, 0.3) is 15.9 Å². The highest BCUT2D eigenvalue weighted by molar-refractivity contribution is 7.92. The number of hydrogen-bond acceptors (Lipinski definition) is 6. The SMILES string of the molecule is CCOc1ccc(S(=O)(=O)Nc2ccccc2C(=O)N/N=C(/C)Cc2ccc(OC)cc2)cc1. The number of hydrazone groups is 1. The summed E-state index contributed by atoms with van der Waals surface area (Å²) < 4.78 is 38.7. The first-order valence-corrected chi connectivity index (χ1v) is 12.1.